The first-order chi connectivity index (χ1) is 9.15. The maximum atomic E-state index is 10.7. The third-order valence-corrected chi connectivity index (χ3v) is 2.97. The Morgan fingerprint density at radius 3 is 3.05 bits per heavy atom. The number of anilines is 1. The van der Waals surface area contributed by atoms with E-state index in [0.717, 1.165) is 6.54 Å². The Bertz CT molecular complexity index is 528. The van der Waals surface area contributed by atoms with Crippen molar-refractivity contribution in [1.82, 2.24) is 10.3 Å². The minimum Gasteiger partial charge on any atom is -0.378 e. The van der Waals surface area contributed by atoms with Crippen LogP contribution in [0.15, 0.2) is 12.1 Å². The molecule has 19 heavy (non-hydrogen) atoms. The molecule has 0 spiro atoms. The zero-order valence-electron chi connectivity index (χ0n) is 10.3. The van der Waals surface area contributed by atoms with Crippen LogP contribution in [0.25, 0.3) is 0 Å². The number of methoxy groups -OCH3 is 1. The quantitative estimate of drug-likeness (QED) is 0.591. The smallest absolute Gasteiger partial charge is 0.305 e. The van der Waals surface area contributed by atoms with Gasteiger partial charge in [-0.15, -0.1) is 0 Å². The van der Waals surface area contributed by atoms with Crippen LogP contribution >= 0.6 is 0 Å². The molecule has 1 unspecified atom stereocenters. The average molecular weight is 263 g/mol. The molecule has 1 aliphatic heterocycles. The predicted molar refractivity (Wildman–Crippen MR) is 66.7 cm³/mol. The lowest BCUT2D eigenvalue weighted by Crippen LogP contribution is -2.33. The van der Waals surface area contributed by atoms with E-state index in [2.05, 4.69) is 15.6 Å². The fraction of sp³-hybridized carbons (Fsp3) is 0.455. The molecule has 1 aliphatic rings. The van der Waals surface area contributed by atoms with Crippen LogP contribution in [0.4, 0.5) is 11.5 Å². The molecule has 1 aromatic rings. The number of aromatic nitrogens is 1. The first kappa shape index (κ1) is 13.2. The monoisotopic (exact) mass is 263 g/mol. The maximum Gasteiger partial charge on any atom is 0.305 e. The minimum absolute atomic E-state index is 0.00234. The molecule has 2 heterocycles. The number of nitrogens with one attached hydrogen (secondary N) is 2. The molecule has 0 amide bonds. The second kappa shape index (κ2) is 5.60. The third-order valence-electron chi connectivity index (χ3n) is 2.97. The van der Waals surface area contributed by atoms with Crippen molar-refractivity contribution in [2.75, 3.05) is 25.5 Å². The summed E-state index contributed by atoms with van der Waals surface area (Å²) in [6.45, 7) is 1.44. The van der Waals surface area contributed by atoms with E-state index in [1.807, 2.05) is 0 Å². The molecular formula is C11H13N5O3. The lowest BCUT2D eigenvalue weighted by molar-refractivity contribution is -0.385. The SMILES string of the molecule is CO[C@H]1CNCC1Nc1ccc([N+](=O)[O-])c(C#N)n1. The number of pyridine rings is 1. The van der Waals surface area contributed by atoms with E-state index in [0.29, 0.717) is 12.4 Å². The number of rotatable bonds is 4. The van der Waals surface area contributed by atoms with Crippen LogP contribution in [0.1, 0.15) is 5.69 Å². The van der Waals surface area contributed by atoms with E-state index in [4.69, 9.17) is 10.00 Å². The average Bonchev–Trinajstić information content (AvgIpc) is 2.85. The Morgan fingerprint density at radius 2 is 2.42 bits per heavy atom. The highest BCUT2D eigenvalue weighted by molar-refractivity contribution is 5.50. The van der Waals surface area contributed by atoms with Crippen molar-refractivity contribution in [3.05, 3.63) is 27.9 Å². The van der Waals surface area contributed by atoms with E-state index in [1.54, 1.807) is 13.2 Å². The number of hydrogen-bond donors (Lipinski definition) is 2. The molecule has 0 bridgehead atoms. The zero-order valence-corrected chi connectivity index (χ0v) is 10.3. The van der Waals surface area contributed by atoms with E-state index in [1.165, 1.54) is 12.1 Å². The number of ether oxygens (including phenoxy) is 1. The summed E-state index contributed by atoms with van der Waals surface area (Å²) in [7, 11) is 1.62. The molecule has 1 fully saturated rings. The molecule has 2 rings (SSSR count). The van der Waals surface area contributed by atoms with Crippen LogP contribution in [0.5, 0.6) is 0 Å². The van der Waals surface area contributed by atoms with Gasteiger partial charge in [-0.3, -0.25) is 10.1 Å². The molecule has 1 saturated heterocycles. The molecule has 2 atom stereocenters. The highest BCUT2D eigenvalue weighted by Crippen LogP contribution is 2.19. The molecule has 8 heteroatoms. The Morgan fingerprint density at radius 1 is 1.63 bits per heavy atom. The molecule has 0 radical (unpaired) electrons. The summed E-state index contributed by atoms with van der Waals surface area (Å²) in [6, 6.07) is 4.51. The Hall–Kier alpha value is -2.24. The number of nitro groups is 1. The van der Waals surface area contributed by atoms with Gasteiger partial charge in [0, 0.05) is 26.3 Å². The van der Waals surface area contributed by atoms with Crippen molar-refractivity contribution in [3.8, 4) is 6.07 Å². The van der Waals surface area contributed by atoms with Crippen LogP contribution in [0.2, 0.25) is 0 Å². The summed E-state index contributed by atoms with van der Waals surface area (Å²) in [5, 5.41) is 25.8. The first-order valence-electron chi connectivity index (χ1n) is 5.71. The van der Waals surface area contributed by atoms with Crippen molar-refractivity contribution in [2.24, 2.45) is 0 Å². The van der Waals surface area contributed by atoms with Crippen molar-refractivity contribution in [2.45, 2.75) is 12.1 Å². The van der Waals surface area contributed by atoms with Crippen LogP contribution in [0, 0.1) is 21.4 Å². The molecule has 2 N–H and O–H groups in total. The van der Waals surface area contributed by atoms with Crippen molar-refractivity contribution in [3.63, 3.8) is 0 Å². The van der Waals surface area contributed by atoms with Gasteiger partial charge < -0.3 is 15.4 Å². The number of nitrogens with zero attached hydrogens (tertiary/aromatic N) is 3. The highest BCUT2D eigenvalue weighted by atomic mass is 16.6. The molecular weight excluding hydrogens is 250 g/mol. The maximum absolute atomic E-state index is 10.7. The summed E-state index contributed by atoms with van der Waals surface area (Å²) >= 11 is 0. The summed E-state index contributed by atoms with van der Waals surface area (Å²) in [6.07, 6.45) is 0.00234. The van der Waals surface area contributed by atoms with E-state index >= 15 is 0 Å². The first-order valence-corrected chi connectivity index (χ1v) is 5.71. The molecule has 0 aromatic carbocycles. The standard InChI is InChI=1S/C11H13N5O3/c1-19-10-6-13-5-8(10)15-11-3-2-9(16(17)18)7(4-12)14-11/h2-3,8,10,13H,5-6H2,1H3,(H,14,15)/t8?,10-/m0/s1. The van der Waals surface area contributed by atoms with Crippen LogP contribution in [-0.4, -0.2) is 42.3 Å². The summed E-state index contributed by atoms with van der Waals surface area (Å²) in [5.41, 5.74) is -0.490. The van der Waals surface area contributed by atoms with Gasteiger partial charge in [0.25, 0.3) is 0 Å². The van der Waals surface area contributed by atoms with Gasteiger partial charge in [-0.25, -0.2) is 4.98 Å². The summed E-state index contributed by atoms with van der Waals surface area (Å²) in [4.78, 5) is 14.0. The van der Waals surface area contributed by atoms with Gasteiger partial charge >= 0.3 is 5.69 Å². The largest absolute Gasteiger partial charge is 0.378 e. The van der Waals surface area contributed by atoms with Gasteiger partial charge in [0.1, 0.15) is 11.9 Å². The van der Waals surface area contributed by atoms with Gasteiger partial charge in [-0.05, 0) is 6.07 Å². The van der Waals surface area contributed by atoms with E-state index < -0.39 is 4.92 Å². The van der Waals surface area contributed by atoms with Crippen molar-refractivity contribution in [1.29, 1.82) is 5.26 Å². The van der Waals surface area contributed by atoms with E-state index in [-0.39, 0.29) is 23.5 Å². The van der Waals surface area contributed by atoms with Crippen LogP contribution in [0.3, 0.4) is 0 Å². The number of hydrogen-bond acceptors (Lipinski definition) is 7. The molecule has 100 valence electrons. The molecule has 0 aliphatic carbocycles. The van der Waals surface area contributed by atoms with Crippen molar-refractivity contribution >= 4 is 11.5 Å². The minimum atomic E-state index is -0.621. The second-order valence-electron chi connectivity index (χ2n) is 4.12. The Kier molecular flexibility index (Phi) is 3.89. The van der Waals surface area contributed by atoms with Crippen LogP contribution in [-0.2, 0) is 4.74 Å². The van der Waals surface area contributed by atoms with Gasteiger partial charge in [-0.1, -0.05) is 0 Å². The summed E-state index contributed by atoms with van der Waals surface area (Å²) in [5.74, 6) is 0.429. The lowest BCUT2D eigenvalue weighted by atomic mass is 10.2. The fourth-order valence-electron chi connectivity index (χ4n) is 2.00. The Labute approximate surface area is 109 Å². The third kappa shape index (κ3) is 2.78. The van der Waals surface area contributed by atoms with Gasteiger partial charge in [0.05, 0.1) is 17.1 Å². The van der Waals surface area contributed by atoms with Crippen LogP contribution < -0.4 is 10.6 Å². The highest BCUT2D eigenvalue weighted by Gasteiger charge is 2.27. The number of nitriles is 1. The topological polar surface area (TPSA) is 113 Å². The van der Waals surface area contributed by atoms with Gasteiger partial charge in [0.15, 0.2) is 0 Å². The fourth-order valence-corrected chi connectivity index (χ4v) is 2.00. The molecule has 1 aromatic heterocycles. The zero-order chi connectivity index (χ0) is 13.8. The molecule has 0 saturated carbocycles. The van der Waals surface area contributed by atoms with Crippen molar-refractivity contribution < 1.29 is 9.66 Å². The second-order valence-corrected chi connectivity index (χ2v) is 4.12. The molecule has 8 nitrogen and oxygen atoms in total. The van der Waals surface area contributed by atoms with Gasteiger partial charge in [-0.2, -0.15) is 5.26 Å². The lowest BCUT2D eigenvalue weighted by Gasteiger charge is -2.18. The summed E-state index contributed by atoms with van der Waals surface area (Å²) < 4.78 is 5.29. The van der Waals surface area contributed by atoms with E-state index in [9.17, 15) is 10.1 Å². The van der Waals surface area contributed by atoms with Gasteiger partial charge in [0.2, 0.25) is 5.69 Å². The predicted octanol–water partition coefficient (Wildman–Crippen LogP) is 0.260. The normalized spacial score (nSPS) is 21.9. The Balaban J connectivity index is 2.18.